The summed E-state index contributed by atoms with van der Waals surface area (Å²) in [6, 6.07) is 5.69. The van der Waals surface area contributed by atoms with E-state index in [1.54, 1.807) is 0 Å². The van der Waals surface area contributed by atoms with Gasteiger partial charge in [0.15, 0.2) is 0 Å². The highest BCUT2D eigenvalue weighted by molar-refractivity contribution is 5.96. The van der Waals surface area contributed by atoms with Gasteiger partial charge < -0.3 is 14.8 Å². The third kappa shape index (κ3) is 2.61. The number of carbonyl (C=O) groups is 2. The van der Waals surface area contributed by atoms with Crippen molar-refractivity contribution >= 4 is 17.7 Å². The van der Waals surface area contributed by atoms with Crippen molar-refractivity contribution < 1.29 is 19.1 Å². The van der Waals surface area contributed by atoms with Gasteiger partial charge in [0.25, 0.3) is 5.91 Å². The summed E-state index contributed by atoms with van der Waals surface area (Å²) in [7, 11) is 0. The summed E-state index contributed by atoms with van der Waals surface area (Å²) in [6.07, 6.45) is -0.756. The Morgan fingerprint density at radius 2 is 2.28 bits per heavy atom. The van der Waals surface area contributed by atoms with Gasteiger partial charge in [-0.15, -0.1) is 0 Å². The molecule has 1 aromatic carbocycles. The zero-order valence-electron chi connectivity index (χ0n) is 10.4. The molecule has 1 heterocycles. The van der Waals surface area contributed by atoms with Crippen LogP contribution < -0.4 is 5.32 Å². The van der Waals surface area contributed by atoms with Crippen LogP contribution in [0.1, 0.15) is 18.1 Å². The molecule has 5 nitrogen and oxygen atoms in total. The maximum atomic E-state index is 11.8. The molecule has 0 aliphatic carbocycles. The Labute approximate surface area is 105 Å². The lowest BCUT2D eigenvalue weighted by molar-refractivity contribution is -0.122. The molecule has 1 amide bonds. The van der Waals surface area contributed by atoms with Gasteiger partial charge in [0.05, 0.1) is 0 Å². The fourth-order valence-corrected chi connectivity index (χ4v) is 1.81. The molecule has 5 heteroatoms. The van der Waals surface area contributed by atoms with E-state index in [0.717, 1.165) is 6.42 Å². The monoisotopic (exact) mass is 249 g/mol. The van der Waals surface area contributed by atoms with Gasteiger partial charge in [-0.25, -0.2) is 4.79 Å². The number of aryl methyl sites for hydroxylation is 2. The molecule has 1 fully saturated rings. The molecule has 18 heavy (non-hydrogen) atoms. The van der Waals surface area contributed by atoms with Gasteiger partial charge in [0.2, 0.25) is 6.10 Å². The normalized spacial score (nSPS) is 18.1. The van der Waals surface area contributed by atoms with E-state index in [2.05, 4.69) is 17.0 Å². The summed E-state index contributed by atoms with van der Waals surface area (Å²) in [4.78, 5) is 22.5. The van der Waals surface area contributed by atoms with Gasteiger partial charge in [-0.2, -0.15) is 0 Å². The van der Waals surface area contributed by atoms with Crippen LogP contribution in [-0.4, -0.2) is 24.8 Å². The number of nitrogens with one attached hydrogen (secondary N) is 1. The molecule has 96 valence electrons. The topological polar surface area (TPSA) is 64.6 Å². The van der Waals surface area contributed by atoms with Crippen molar-refractivity contribution in [2.45, 2.75) is 26.4 Å². The van der Waals surface area contributed by atoms with Crippen LogP contribution in [0.5, 0.6) is 0 Å². The largest absolute Gasteiger partial charge is 0.509 e. The van der Waals surface area contributed by atoms with Gasteiger partial charge in [0, 0.05) is 5.69 Å². The Hall–Kier alpha value is -2.04. The van der Waals surface area contributed by atoms with Crippen LogP contribution in [0.15, 0.2) is 18.2 Å². The Balaban J connectivity index is 2.05. The predicted molar refractivity (Wildman–Crippen MR) is 65.4 cm³/mol. The number of rotatable bonds is 3. The summed E-state index contributed by atoms with van der Waals surface area (Å²) in [5, 5.41) is 2.71. The number of anilines is 1. The van der Waals surface area contributed by atoms with E-state index >= 15 is 0 Å². The molecule has 0 radical (unpaired) electrons. The van der Waals surface area contributed by atoms with Crippen LogP contribution in [0, 0.1) is 6.92 Å². The number of hydrogen-bond acceptors (Lipinski definition) is 4. The minimum absolute atomic E-state index is 0.0306. The minimum Gasteiger partial charge on any atom is -0.430 e. The molecule has 1 unspecified atom stereocenters. The first kappa shape index (κ1) is 12.4. The molecule has 1 N–H and O–H groups in total. The quantitative estimate of drug-likeness (QED) is 0.832. The molecule has 1 aliphatic heterocycles. The minimum atomic E-state index is -0.858. The molecular formula is C13H15NO4. The second kappa shape index (κ2) is 5.08. The van der Waals surface area contributed by atoms with Gasteiger partial charge in [-0.1, -0.05) is 13.0 Å². The van der Waals surface area contributed by atoms with Crippen molar-refractivity contribution in [1.29, 1.82) is 0 Å². The van der Waals surface area contributed by atoms with Crippen LogP contribution in [0.4, 0.5) is 10.5 Å². The van der Waals surface area contributed by atoms with Gasteiger partial charge in [-0.3, -0.25) is 4.79 Å². The summed E-state index contributed by atoms with van der Waals surface area (Å²) in [6.45, 7) is 4.05. The van der Waals surface area contributed by atoms with Crippen LogP contribution in [0.2, 0.25) is 0 Å². The molecule has 0 spiro atoms. The average Bonchev–Trinajstić information content (AvgIpc) is 2.78. The highest BCUT2D eigenvalue weighted by atomic mass is 16.8. The molecule has 0 saturated carbocycles. The van der Waals surface area contributed by atoms with Crippen LogP contribution in [0.25, 0.3) is 0 Å². The summed E-state index contributed by atoms with van der Waals surface area (Å²) < 4.78 is 9.27. The van der Waals surface area contributed by atoms with Crippen molar-refractivity contribution in [3.05, 3.63) is 29.3 Å². The fraction of sp³-hybridized carbons (Fsp3) is 0.385. The maximum absolute atomic E-state index is 11.8. The Morgan fingerprint density at radius 3 is 2.89 bits per heavy atom. The van der Waals surface area contributed by atoms with E-state index in [1.807, 2.05) is 25.1 Å². The van der Waals surface area contributed by atoms with E-state index in [0.29, 0.717) is 5.69 Å². The van der Waals surface area contributed by atoms with E-state index in [-0.39, 0.29) is 12.5 Å². The average molecular weight is 249 g/mol. The predicted octanol–water partition coefficient (Wildman–Crippen LogP) is 2.03. The molecule has 0 bridgehead atoms. The number of amides is 1. The zero-order valence-corrected chi connectivity index (χ0v) is 10.4. The van der Waals surface area contributed by atoms with Crippen LogP contribution in [-0.2, 0) is 20.7 Å². The van der Waals surface area contributed by atoms with Crippen molar-refractivity contribution in [1.82, 2.24) is 0 Å². The second-order valence-corrected chi connectivity index (χ2v) is 4.15. The lowest BCUT2D eigenvalue weighted by Crippen LogP contribution is -2.29. The first-order valence-electron chi connectivity index (χ1n) is 5.84. The second-order valence-electron chi connectivity index (χ2n) is 4.15. The highest BCUT2D eigenvalue weighted by Gasteiger charge is 2.31. The number of benzene rings is 1. The Morgan fingerprint density at radius 1 is 1.50 bits per heavy atom. The van der Waals surface area contributed by atoms with E-state index in [1.165, 1.54) is 11.1 Å². The van der Waals surface area contributed by atoms with E-state index < -0.39 is 12.3 Å². The van der Waals surface area contributed by atoms with Gasteiger partial charge in [0.1, 0.15) is 6.61 Å². The van der Waals surface area contributed by atoms with Crippen molar-refractivity contribution in [3.63, 3.8) is 0 Å². The summed E-state index contributed by atoms with van der Waals surface area (Å²) in [5.74, 6) is -0.369. The summed E-state index contributed by atoms with van der Waals surface area (Å²) in [5.41, 5.74) is 3.06. The number of carbonyl (C=O) groups excluding carboxylic acids is 2. The molecule has 2 rings (SSSR count). The van der Waals surface area contributed by atoms with Crippen LogP contribution >= 0.6 is 0 Å². The molecule has 1 atom stereocenters. The van der Waals surface area contributed by atoms with Crippen molar-refractivity contribution in [2.24, 2.45) is 0 Å². The smallest absolute Gasteiger partial charge is 0.430 e. The van der Waals surface area contributed by atoms with E-state index in [9.17, 15) is 9.59 Å². The van der Waals surface area contributed by atoms with Crippen molar-refractivity contribution in [3.8, 4) is 0 Å². The number of cyclic esters (lactones) is 2. The highest BCUT2D eigenvalue weighted by Crippen LogP contribution is 2.17. The summed E-state index contributed by atoms with van der Waals surface area (Å²) >= 11 is 0. The molecule has 1 saturated heterocycles. The van der Waals surface area contributed by atoms with E-state index in [4.69, 9.17) is 4.74 Å². The number of ether oxygens (including phenoxy) is 2. The molecular weight excluding hydrogens is 234 g/mol. The lowest BCUT2D eigenvalue weighted by Gasteiger charge is -2.10. The molecule has 1 aliphatic rings. The molecule has 0 aromatic heterocycles. The first-order chi connectivity index (χ1) is 8.60. The molecule has 1 aromatic rings. The van der Waals surface area contributed by atoms with Gasteiger partial charge >= 0.3 is 6.16 Å². The lowest BCUT2D eigenvalue weighted by atomic mass is 10.1. The van der Waals surface area contributed by atoms with Gasteiger partial charge in [-0.05, 0) is 36.6 Å². The Bertz CT molecular complexity index is 484. The SMILES string of the molecule is CCc1cc(NC(=O)C2COC(=O)O2)ccc1C. The van der Waals surface area contributed by atoms with Crippen molar-refractivity contribution in [2.75, 3.05) is 11.9 Å². The Kier molecular flexibility index (Phi) is 3.50. The zero-order chi connectivity index (χ0) is 13.1. The van der Waals surface area contributed by atoms with Crippen LogP contribution in [0.3, 0.4) is 0 Å². The third-order valence-corrected chi connectivity index (χ3v) is 2.88. The number of hydrogen-bond donors (Lipinski definition) is 1. The first-order valence-corrected chi connectivity index (χ1v) is 5.84. The maximum Gasteiger partial charge on any atom is 0.509 e. The third-order valence-electron chi connectivity index (χ3n) is 2.88. The fourth-order valence-electron chi connectivity index (χ4n) is 1.81. The standard InChI is InChI=1S/C13H15NO4/c1-3-9-6-10(5-4-8(9)2)14-12(15)11-7-17-13(16)18-11/h4-6,11H,3,7H2,1-2H3,(H,14,15).